The summed E-state index contributed by atoms with van der Waals surface area (Å²) in [5.41, 5.74) is 0.962. The summed E-state index contributed by atoms with van der Waals surface area (Å²) < 4.78 is 11.3. The third-order valence-corrected chi connectivity index (χ3v) is 4.96. The molecule has 1 saturated heterocycles. The quantitative estimate of drug-likeness (QED) is 0.788. The Balaban J connectivity index is 1.59. The van der Waals surface area contributed by atoms with Gasteiger partial charge in [0.25, 0.3) is 0 Å². The molecule has 27 heavy (non-hydrogen) atoms. The van der Waals surface area contributed by atoms with Gasteiger partial charge in [-0.1, -0.05) is 23.7 Å². The van der Waals surface area contributed by atoms with Gasteiger partial charge in [-0.05, 0) is 43.7 Å². The molecular formula is C20H26ClN3O3. The predicted molar refractivity (Wildman–Crippen MR) is 105 cm³/mol. The highest BCUT2D eigenvalue weighted by molar-refractivity contribution is 6.30. The van der Waals surface area contributed by atoms with Gasteiger partial charge in [-0.25, -0.2) is 4.79 Å². The summed E-state index contributed by atoms with van der Waals surface area (Å²) in [4.78, 5) is 14.7. The van der Waals surface area contributed by atoms with Gasteiger partial charge < -0.3 is 19.8 Å². The predicted octanol–water partition coefficient (Wildman–Crippen LogP) is 3.68. The van der Waals surface area contributed by atoms with Crippen molar-refractivity contribution in [2.45, 2.75) is 25.9 Å². The van der Waals surface area contributed by atoms with Gasteiger partial charge in [0.05, 0.1) is 25.3 Å². The van der Waals surface area contributed by atoms with Crippen molar-refractivity contribution in [1.29, 1.82) is 0 Å². The third-order valence-electron chi connectivity index (χ3n) is 4.73. The summed E-state index contributed by atoms with van der Waals surface area (Å²) in [7, 11) is 0. The molecule has 0 radical (unpaired) electrons. The maximum atomic E-state index is 12.4. The number of hydrogen-bond donors (Lipinski definition) is 2. The molecule has 7 heteroatoms. The van der Waals surface area contributed by atoms with Crippen LogP contribution < -0.4 is 10.6 Å². The molecule has 0 saturated carbocycles. The van der Waals surface area contributed by atoms with Gasteiger partial charge in [-0.3, -0.25) is 4.90 Å². The van der Waals surface area contributed by atoms with Crippen LogP contribution in [0.15, 0.2) is 40.8 Å². The van der Waals surface area contributed by atoms with Crippen molar-refractivity contribution in [2.24, 2.45) is 0 Å². The number of hydrogen-bond acceptors (Lipinski definition) is 4. The zero-order chi connectivity index (χ0) is 19.2. The zero-order valence-electron chi connectivity index (χ0n) is 15.7. The maximum Gasteiger partial charge on any atom is 0.315 e. The van der Waals surface area contributed by atoms with Gasteiger partial charge in [0.15, 0.2) is 0 Å². The molecule has 146 valence electrons. The molecule has 2 atom stereocenters. The van der Waals surface area contributed by atoms with Crippen LogP contribution in [0.1, 0.15) is 36.1 Å². The maximum absolute atomic E-state index is 12.4. The molecule has 1 aliphatic heterocycles. The first-order valence-corrected chi connectivity index (χ1v) is 9.58. The smallest absolute Gasteiger partial charge is 0.315 e. The number of furan rings is 1. The summed E-state index contributed by atoms with van der Waals surface area (Å²) in [5.74, 6) is 1.72. The Morgan fingerprint density at radius 3 is 2.70 bits per heavy atom. The highest BCUT2D eigenvalue weighted by Gasteiger charge is 2.25. The summed E-state index contributed by atoms with van der Waals surface area (Å²) in [6, 6.07) is 11.0. The van der Waals surface area contributed by atoms with Crippen molar-refractivity contribution in [3.8, 4) is 0 Å². The Kier molecular flexibility index (Phi) is 6.77. The van der Waals surface area contributed by atoms with E-state index >= 15 is 0 Å². The molecule has 1 aromatic carbocycles. The van der Waals surface area contributed by atoms with Gasteiger partial charge in [0, 0.05) is 24.7 Å². The number of halogens is 1. The van der Waals surface area contributed by atoms with Gasteiger partial charge >= 0.3 is 6.03 Å². The minimum Gasteiger partial charge on any atom is -0.465 e. The lowest BCUT2D eigenvalue weighted by Crippen LogP contribution is -2.46. The van der Waals surface area contributed by atoms with E-state index in [0.29, 0.717) is 24.8 Å². The summed E-state index contributed by atoms with van der Waals surface area (Å²) in [6.07, 6.45) is 0. The number of aryl methyl sites for hydroxylation is 1. The third kappa shape index (κ3) is 5.48. The molecule has 1 aliphatic rings. The van der Waals surface area contributed by atoms with Crippen LogP contribution in [0, 0.1) is 6.92 Å². The molecule has 2 heterocycles. The summed E-state index contributed by atoms with van der Waals surface area (Å²) in [6.45, 7) is 7.32. The fraction of sp³-hybridized carbons (Fsp3) is 0.450. The van der Waals surface area contributed by atoms with E-state index in [-0.39, 0.29) is 18.1 Å². The van der Waals surface area contributed by atoms with Crippen molar-refractivity contribution in [1.82, 2.24) is 15.5 Å². The van der Waals surface area contributed by atoms with Gasteiger partial charge in [0.2, 0.25) is 0 Å². The first kappa shape index (κ1) is 19.7. The molecule has 1 fully saturated rings. The van der Waals surface area contributed by atoms with E-state index in [1.165, 1.54) is 0 Å². The van der Waals surface area contributed by atoms with Crippen molar-refractivity contribution < 1.29 is 13.9 Å². The van der Waals surface area contributed by atoms with Crippen LogP contribution in [0.4, 0.5) is 4.79 Å². The van der Waals surface area contributed by atoms with E-state index in [9.17, 15) is 4.79 Å². The fourth-order valence-electron chi connectivity index (χ4n) is 3.23. The second-order valence-electron chi connectivity index (χ2n) is 6.74. The van der Waals surface area contributed by atoms with E-state index in [2.05, 4.69) is 15.5 Å². The SMILES string of the molecule is Cc1ccc(C(CNC(=O)NC(C)c2cccc(Cl)c2)N2CCOCC2)o1. The van der Waals surface area contributed by atoms with Crippen molar-refractivity contribution >= 4 is 17.6 Å². The largest absolute Gasteiger partial charge is 0.465 e. The number of ether oxygens (including phenoxy) is 1. The molecule has 2 N–H and O–H groups in total. The summed E-state index contributed by atoms with van der Waals surface area (Å²) >= 11 is 6.03. The average Bonchev–Trinajstić information content (AvgIpc) is 3.09. The van der Waals surface area contributed by atoms with Crippen molar-refractivity contribution in [2.75, 3.05) is 32.8 Å². The van der Waals surface area contributed by atoms with Crippen LogP contribution in [-0.4, -0.2) is 43.8 Å². The molecule has 2 unspecified atom stereocenters. The Morgan fingerprint density at radius 1 is 1.26 bits per heavy atom. The topological polar surface area (TPSA) is 66.7 Å². The number of morpholine rings is 1. The number of nitrogens with zero attached hydrogens (tertiary/aromatic N) is 1. The molecule has 0 spiro atoms. The molecule has 2 amide bonds. The first-order chi connectivity index (χ1) is 13.0. The first-order valence-electron chi connectivity index (χ1n) is 9.21. The normalized spacial score (nSPS) is 17.3. The zero-order valence-corrected chi connectivity index (χ0v) is 16.5. The standard InChI is InChI=1S/C20H26ClN3O3/c1-14-6-7-19(27-14)18(24-8-10-26-11-9-24)13-22-20(25)23-15(2)16-4-3-5-17(21)12-16/h3-7,12,15,18H,8-11,13H2,1-2H3,(H2,22,23,25). The molecule has 2 aromatic rings. The Morgan fingerprint density at radius 2 is 2.04 bits per heavy atom. The lowest BCUT2D eigenvalue weighted by Gasteiger charge is -2.33. The van der Waals surface area contributed by atoms with E-state index < -0.39 is 0 Å². The van der Waals surface area contributed by atoms with E-state index in [1.807, 2.05) is 50.2 Å². The molecule has 0 bridgehead atoms. The molecular weight excluding hydrogens is 366 g/mol. The Hall–Kier alpha value is -2.02. The Labute approximate surface area is 164 Å². The number of carbonyl (C=O) groups excluding carboxylic acids is 1. The number of rotatable bonds is 6. The number of amides is 2. The second-order valence-corrected chi connectivity index (χ2v) is 7.18. The number of nitrogens with one attached hydrogen (secondary N) is 2. The van der Waals surface area contributed by atoms with Crippen molar-refractivity contribution in [3.05, 3.63) is 58.5 Å². The number of urea groups is 1. The van der Waals surface area contributed by atoms with Crippen LogP contribution in [0.3, 0.4) is 0 Å². The van der Waals surface area contributed by atoms with Crippen LogP contribution in [0.2, 0.25) is 5.02 Å². The van der Waals surface area contributed by atoms with Crippen LogP contribution in [0.25, 0.3) is 0 Å². The van der Waals surface area contributed by atoms with Crippen LogP contribution >= 0.6 is 11.6 Å². The molecule has 0 aliphatic carbocycles. The van der Waals surface area contributed by atoms with E-state index in [0.717, 1.165) is 30.2 Å². The summed E-state index contributed by atoms with van der Waals surface area (Å²) in [5, 5.41) is 6.59. The molecule has 6 nitrogen and oxygen atoms in total. The average molecular weight is 392 g/mol. The highest BCUT2D eigenvalue weighted by atomic mass is 35.5. The fourth-order valence-corrected chi connectivity index (χ4v) is 3.43. The Bertz CT molecular complexity index is 758. The highest BCUT2D eigenvalue weighted by Crippen LogP contribution is 2.23. The lowest BCUT2D eigenvalue weighted by atomic mass is 10.1. The van der Waals surface area contributed by atoms with Gasteiger partial charge in [0.1, 0.15) is 11.5 Å². The van der Waals surface area contributed by atoms with E-state index in [1.54, 1.807) is 0 Å². The van der Waals surface area contributed by atoms with Gasteiger partial charge in [-0.2, -0.15) is 0 Å². The van der Waals surface area contributed by atoms with Crippen LogP contribution in [0.5, 0.6) is 0 Å². The van der Waals surface area contributed by atoms with Crippen LogP contribution in [-0.2, 0) is 4.74 Å². The van der Waals surface area contributed by atoms with Crippen molar-refractivity contribution in [3.63, 3.8) is 0 Å². The monoisotopic (exact) mass is 391 g/mol. The minimum absolute atomic E-state index is 0.0187. The minimum atomic E-state index is -0.219. The number of carbonyl (C=O) groups is 1. The van der Waals surface area contributed by atoms with Gasteiger partial charge in [-0.15, -0.1) is 0 Å². The van der Waals surface area contributed by atoms with E-state index in [4.69, 9.17) is 20.8 Å². The lowest BCUT2D eigenvalue weighted by molar-refractivity contribution is 0.0121. The second kappa shape index (κ2) is 9.26. The molecule has 1 aromatic heterocycles. The number of benzene rings is 1. The molecule has 3 rings (SSSR count).